The smallest absolute Gasteiger partial charge is 0.273 e. The van der Waals surface area contributed by atoms with Crippen molar-refractivity contribution in [2.75, 3.05) is 7.05 Å². The van der Waals surface area contributed by atoms with Gasteiger partial charge < -0.3 is 4.90 Å². The van der Waals surface area contributed by atoms with Crippen molar-refractivity contribution in [1.82, 2.24) is 9.88 Å². The Morgan fingerprint density at radius 3 is 2.71 bits per heavy atom. The first-order valence-electron chi connectivity index (χ1n) is 5.05. The highest BCUT2D eigenvalue weighted by Crippen LogP contribution is 2.09. The second kappa shape index (κ2) is 5.05. The Kier molecular flexibility index (Phi) is 3.49. The molecule has 0 spiro atoms. The molecule has 2 rings (SSSR count). The van der Waals surface area contributed by atoms with Gasteiger partial charge in [-0.2, -0.15) is 0 Å². The number of carbonyl (C=O) groups excluding carboxylic acids is 1. The molecule has 0 atom stereocenters. The molecule has 0 radical (unpaired) electrons. The van der Waals surface area contributed by atoms with Crippen LogP contribution in [0.25, 0.3) is 0 Å². The van der Waals surface area contributed by atoms with Gasteiger partial charge in [-0.25, -0.2) is 9.37 Å². The zero-order chi connectivity index (χ0) is 12.3. The predicted molar refractivity (Wildman–Crippen MR) is 64.3 cm³/mol. The summed E-state index contributed by atoms with van der Waals surface area (Å²) in [7, 11) is 1.70. The van der Waals surface area contributed by atoms with Gasteiger partial charge in [0.05, 0.1) is 5.51 Å². The molecular formula is C12H11FN2OS. The highest BCUT2D eigenvalue weighted by Gasteiger charge is 2.13. The van der Waals surface area contributed by atoms with Gasteiger partial charge in [0.15, 0.2) is 0 Å². The fourth-order valence-corrected chi connectivity index (χ4v) is 1.98. The second-order valence-corrected chi connectivity index (χ2v) is 4.38. The Morgan fingerprint density at radius 2 is 2.12 bits per heavy atom. The average molecular weight is 250 g/mol. The summed E-state index contributed by atoms with van der Waals surface area (Å²) in [5, 5.41) is 1.71. The molecule has 1 aromatic carbocycles. The normalized spacial score (nSPS) is 10.2. The Balaban J connectivity index is 2.04. The summed E-state index contributed by atoms with van der Waals surface area (Å²) in [6, 6.07) is 6.10. The molecule has 2 aromatic rings. The summed E-state index contributed by atoms with van der Waals surface area (Å²) in [5.41, 5.74) is 2.95. The van der Waals surface area contributed by atoms with E-state index in [1.54, 1.807) is 35.0 Å². The van der Waals surface area contributed by atoms with Crippen molar-refractivity contribution >= 4 is 17.2 Å². The topological polar surface area (TPSA) is 33.2 Å². The van der Waals surface area contributed by atoms with E-state index in [9.17, 15) is 9.18 Å². The van der Waals surface area contributed by atoms with Gasteiger partial charge in [0.25, 0.3) is 5.91 Å². The van der Waals surface area contributed by atoms with E-state index in [-0.39, 0.29) is 11.7 Å². The third-order valence-electron chi connectivity index (χ3n) is 2.33. The molecule has 0 fully saturated rings. The number of rotatable bonds is 3. The largest absolute Gasteiger partial charge is 0.336 e. The second-order valence-electron chi connectivity index (χ2n) is 3.66. The van der Waals surface area contributed by atoms with Crippen LogP contribution in [0.2, 0.25) is 0 Å². The molecule has 0 saturated carbocycles. The first kappa shape index (κ1) is 11.7. The standard InChI is InChI=1S/C12H11FN2OS/c1-15(12(16)11-7-17-8-14-11)6-9-2-4-10(13)5-3-9/h2-5,7-8H,6H2,1H3. The Labute approximate surface area is 103 Å². The molecule has 1 aromatic heterocycles. The summed E-state index contributed by atoms with van der Waals surface area (Å²) in [4.78, 5) is 17.4. The molecule has 5 heteroatoms. The Morgan fingerprint density at radius 1 is 1.41 bits per heavy atom. The van der Waals surface area contributed by atoms with E-state index < -0.39 is 0 Å². The van der Waals surface area contributed by atoms with E-state index in [0.29, 0.717) is 12.2 Å². The van der Waals surface area contributed by atoms with Gasteiger partial charge >= 0.3 is 0 Å². The minimum Gasteiger partial charge on any atom is -0.336 e. The van der Waals surface area contributed by atoms with Gasteiger partial charge in [-0.05, 0) is 17.7 Å². The molecule has 0 unspecified atom stereocenters. The fourth-order valence-electron chi connectivity index (χ4n) is 1.45. The van der Waals surface area contributed by atoms with E-state index in [4.69, 9.17) is 0 Å². The molecule has 0 bridgehead atoms. The van der Waals surface area contributed by atoms with Gasteiger partial charge in [0, 0.05) is 19.0 Å². The maximum absolute atomic E-state index is 12.7. The minimum atomic E-state index is -0.276. The van der Waals surface area contributed by atoms with Gasteiger partial charge in [0.2, 0.25) is 0 Å². The number of halogens is 1. The van der Waals surface area contributed by atoms with Crippen molar-refractivity contribution in [2.24, 2.45) is 0 Å². The zero-order valence-corrected chi connectivity index (χ0v) is 10.1. The number of amides is 1. The maximum Gasteiger partial charge on any atom is 0.273 e. The van der Waals surface area contributed by atoms with Crippen LogP contribution in [-0.2, 0) is 6.54 Å². The van der Waals surface area contributed by atoms with Crippen LogP contribution in [-0.4, -0.2) is 22.8 Å². The van der Waals surface area contributed by atoms with Gasteiger partial charge in [0.1, 0.15) is 11.5 Å². The van der Waals surface area contributed by atoms with E-state index >= 15 is 0 Å². The number of thiazole rings is 1. The molecule has 3 nitrogen and oxygen atoms in total. The van der Waals surface area contributed by atoms with Crippen molar-refractivity contribution in [3.8, 4) is 0 Å². The summed E-state index contributed by atoms with van der Waals surface area (Å²) in [6.45, 7) is 0.441. The van der Waals surface area contributed by atoms with Crippen molar-refractivity contribution in [2.45, 2.75) is 6.54 Å². The summed E-state index contributed by atoms with van der Waals surface area (Å²) in [5.74, 6) is -0.405. The summed E-state index contributed by atoms with van der Waals surface area (Å²) >= 11 is 1.39. The minimum absolute atomic E-state index is 0.129. The van der Waals surface area contributed by atoms with Crippen LogP contribution in [0.5, 0.6) is 0 Å². The number of aromatic nitrogens is 1. The quantitative estimate of drug-likeness (QED) is 0.838. The average Bonchev–Trinajstić information content (AvgIpc) is 2.84. The van der Waals surface area contributed by atoms with Crippen LogP contribution in [0.1, 0.15) is 16.1 Å². The number of benzene rings is 1. The first-order chi connectivity index (χ1) is 8.16. The van der Waals surface area contributed by atoms with Gasteiger partial charge in [-0.3, -0.25) is 4.79 Å². The summed E-state index contributed by atoms with van der Waals surface area (Å²) in [6.07, 6.45) is 0. The number of hydrogen-bond donors (Lipinski definition) is 0. The molecule has 0 aliphatic rings. The molecule has 88 valence electrons. The van der Waals surface area contributed by atoms with E-state index in [1.165, 1.54) is 23.5 Å². The lowest BCUT2D eigenvalue weighted by Gasteiger charge is -2.15. The molecule has 0 N–H and O–H groups in total. The highest BCUT2D eigenvalue weighted by molar-refractivity contribution is 7.07. The van der Waals surface area contributed by atoms with Crippen LogP contribution in [0.4, 0.5) is 4.39 Å². The SMILES string of the molecule is CN(Cc1ccc(F)cc1)C(=O)c1cscn1. The number of hydrogen-bond acceptors (Lipinski definition) is 3. The van der Waals surface area contributed by atoms with Gasteiger partial charge in [-0.1, -0.05) is 12.1 Å². The maximum atomic E-state index is 12.7. The molecule has 0 saturated heterocycles. The Bertz CT molecular complexity index is 496. The molecule has 0 aliphatic heterocycles. The molecule has 1 heterocycles. The molecular weight excluding hydrogens is 239 g/mol. The third kappa shape index (κ3) is 2.88. The van der Waals surface area contributed by atoms with Crippen LogP contribution >= 0.6 is 11.3 Å². The molecule has 17 heavy (non-hydrogen) atoms. The van der Waals surface area contributed by atoms with Crippen molar-refractivity contribution < 1.29 is 9.18 Å². The van der Waals surface area contributed by atoms with Crippen LogP contribution in [0, 0.1) is 5.82 Å². The fraction of sp³-hybridized carbons (Fsp3) is 0.167. The third-order valence-corrected chi connectivity index (χ3v) is 2.92. The Hall–Kier alpha value is -1.75. The lowest BCUT2D eigenvalue weighted by Crippen LogP contribution is -2.26. The number of nitrogens with zero attached hydrogens (tertiary/aromatic N) is 2. The van der Waals surface area contributed by atoms with E-state index in [0.717, 1.165) is 5.56 Å². The first-order valence-corrected chi connectivity index (χ1v) is 5.99. The predicted octanol–water partition coefficient (Wildman–Crippen LogP) is 2.55. The van der Waals surface area contributed by atoms with Crippen molar-refractivity contribution in [3.05, 3.63) is 52.2 Å². The van der Waals surface area contributed by atoms with Crippen LogP contribution in [0.15, 0.2) is 35.2 Å². The van der Waals surface area contributed by atoms with Crippen molar-refractivity contribution in [1.29, 1.82) is 0 Å². The molecule has 0 aliphatic carbocycles. The van der Waals surface area contributed by atoms with Crippen LogP contribution in [0.3, 0.4) is 0 Å². The highest BCUT2D eigenvalue weighted by atomic mass is 32.1. The summed E-state index contributed by atoms with van der Waals surface area (Å²) < 4.78 is 12.7. The van der Waals surface area contributed by atoms with Gasteiger partial charge in [-0.15, -0.1) is 11.3 Å². The zero-order valence-electron chi connectivity index (χ0n) is 9.26. The van der Waals surface area contributed by atoms with Crippen molar-refractivity contribution in [3.63, 3.8) is 0 Å². The van der Waals surface area contributed by atoms with Crippen LogP contribution < -0.4 is 0 Å². The van der Waals surface area contributed by atoms with E-state index in [1.807, 2.05) is 0 Å². The molecule has 1 amide bonds. The van der Waals surface area contributed by atoms with E-state index in [2.05, 4.69) is 4.98 Å². The number of carbonyl (C=O) groups is 1. The monoisotopic (exact) mass is 250 g/mol. The lowest BCUT2D eigenvalue weighted by atomic mass is 10.2. The lowest BCUT2D eigenvalue weighted by molar-refractivity contribution is 0.0780.